The van der Waals surface area contributed by atoms with E-state index >= 15 is 0 Å². The molecule has 0 aliphatic carbocycles. The van der Waals surface area contributed by atoms with Gasteiger partial charge in [0.05, 0.1) is 24.8 Å². The molecule has 1 N–H and O–H groups in total. The van der Waals surface area contributed by atoms with Crippen molar-refractivity contribution in [2.45, 2.75) is 40.2 Å². The number of carbonyl (C=O) groups is 2. The summed E-state index contributed by atoms with van der Waals surface area (Å²) in [5, 5.41) is 11.5. The van der Waals surface area contributed by atoms with Gasteiger partial charge in [0.15, 0.2) is 23.0 Å². The fourth-order valence-corrected chi connectivity index (χ4v) is 4.89. The highest BCUT2D eigenvalue weighted by Crippen LogP contribution is 2.43. The van der Waals surface area contributed by atoms with Crippen molar-refractivity contribution in [2.75, 3.05) is 52.6 Å². The van der Waals surface area contributed by atoms with Gasteiger partial charge in [0.1, 0.15) is 19.0 Å². The molecule has 2 aliphatic rings. The Labute approximate surface area is 229 Å². The van der Waals surface area contributed by atoms with E-state index in [1.807, 2.05) is 19.9 Å². The van der Waals surface area contributed by atoms with Gasteiger partial charge in [0.2, 0.25) is 0 Å². The average molecular weight is 539 g/mol. The van der Waals surface area contributed by atoms with Gasteiger partial charge < -0.3 is 33.9 Å². The molecule has 0 saturated carbocycles. The molecule has 0 radical (unpaired) electrons. The number of hydrogen-bond donors (Lipinski definition) is 1. The third-order valence-electron chi connectivity index (χ3n) is 6.95. The summed E-state index contributed by atoms with van der Waals surface area (Å²) in [5.41, 5.74) is 1.06. The zero-order valence-corrected chi connectivity index (χ0v) is 23.2. The Morgan fingerprint density at radius 1 is 0.974 bits per heavy atom. The van der Waals surface area contributed by atoms with Crippen LogP contribution in [0.15, 0.2) is 42.0 Å². The Morgan fingerprint density at radius 3 is 2.41 bits per heavy atom. The van der Waals surface area contributed by atoms with Crippen LogP contribution in [0.5, 0.6) is 23.0 Å². The van der Waals surface area contributed by atoms with E-state index in [1.54, 1.807) is 35.2 Å². The van der Waals surface area contributed by atoms with Gasteiger partial charge in [-0.3, -0.25) is 9.59 Å². The number of benzene rings is 2. The van der Waals surface area contributed by atoms with Crippen molar-refractivity contribution < 1.29 is 33.6 Å². The molecular weight excluding hydrogens is 500 g/mol. The Kier molecular flexibility index (Phi) is 9.35. The van der Waals surface area contributed by atoms with E-state index in [-0.39, 0.29) is 11.3 Å². The minimum atomic E-state index is -0.798. The predicted octanol–water partition coefficient (Wildman–Crippen LogP) is 4.41. The van der Waals surface area contributed by atoms with Crippen molar-refractivity contribution in [1.82, 2.24) is 9.80 Å². The van der Waals surface area contributed by atoms with Crippen LogP contribution in [0.2, 0.25) is 0 Å². The normalized spacial score (nSPS) is 18.1. The zero-order valence-electron chi connectivity index (χ0n) is 23.2. The number of amides is 1. The Balaban J connectivity index is 1.81. The first-order chi connectivity index (χ1) is 18.9. The number of hydrogen-bond acceptors (Lipinski definition) is 8. The van der Waals surface area contributed by atoms with E-state index in [1.165, 1.54) is 0 Å². The molecule has 1 fully saturated rings. The molecular formula is C30H38N2O7. The maximum atomic E-state index is 13.5. The summed E-state index contributed by atoms with van der Waals surface area (Å²) in [6, 6.07) is 9.62. The molecule has 9 nitrogen and oxygen atoms in total. The van der Waals surface area contributed by atoms with E-state index in [9.17, 15) is 14.7 Å². The Hall–Kier alpha value is -3.72. The second kappa shape index (κ2) is 12.9. The van der Waals surface area contributed by atoms with Gasteiger partial charge in [0, 0.05) is 18.7 Å². The second-order valence-corrected chi connectivity index (χ2v) is 9.37. The van der Waals surface area contributed by atoms with Crippen molar-refractivity contribution in [2.24, 2.45) is 0 Å². The number of ether oxygens (including phenoxy) is 4. The van der Waals surface area contributed by atoms with Crippen LogP contribution >= 0.6 is 0 Å². The number of likely N-dealkylation sites (tertiary alicyclic amines) is 1. The second-order valence-electron chi connectivity index (χ2n) is 9.37. The van der Waals surface area contributed by atoms with Crippen molar-refractivity contribution in [3.05, 3.63) is 53.1 Å². The molecule has 0 bridgehead atoms. The summed E-state index contributed by atoms with van der Waals surface area (Å²) in [7, 11) is 0. The highest BCUT2D eigenvalue weighted by atomic mass is 16.6. The molecule has 1 atom stereocenters. The maximum absolute atomic E-state index is 13.5. The van der Waals surface area contributed by atoms with Crippen molar-refractivity contribution in [3.63, 3.8) is 0 Å². The van der Waals surface area contributed by atoms with Gasteiger partial charge >= 0.3 is 0 Å². The van der Waals surface area contributed by atoms with Crippen LogP contribution in [0, 0.1) is 0 Å². The molecule has 39 heavy (non-hydrogen) atoms. The largest absolute Gasteiger partial charge is 0.507 e. The summed E-state index contributed by atoms with van der Waals surface area (Å²) < 4.78 is 23.0. The maximum Gasteiger partial charge on any atom is 0.295 e. The third kappa shape index (κ3) is 5.98. The molecule has 2 aromatic carbocycles. The van der Waals surface area contributed by atoms with Crippen molar-refractivity contribution in [3.8, 4) is 23.0 Å². The van der Waals surface area contributed by atoms with E-state index in [0.717, 1.165) is 19.5 Å². The minimum absolute atomic E-state index is 0.0286. The summed E-state index contributed by atoms with van der Waals surface area (Å²) in [4.78, 5) is 30.6. The number of likely N-dealkylation sites (N-methyl/N-ethyl adjacent to an activating group) is 1. The molecule has 2 aliphatic heterocycles. The summed E-state index contributed by atoms with van der Waals surface area (Å²) in [6.45, 7) is 12.4. The monoisotopic (exact) mass is 538 g/mol. The lowest BCUT2D eigenvalue weighted by atomic mass is 9.94. The highest BCUT2D eigenvalue weighted by Gasteiger charge is 2.46. The zero-order chi connectivity index (χ0) is 27.9. The lowest BCUT2D eigenvalue weighted by Crippen LogP contribution is -2.38. The molecule has 210 valence electrons. The molecule has 2 aromatic rings. The molecule has 1 amide bonds. The predicted molar refractivity (Wildman–Crippen MR) is 148 cm³/mol. The molecule has 1 unspecified atom stereocenters. The van der Waals surface area contributed by atoms with Crippen molar-refractivity contribution in [1.29, 1.82) is 0 Å². The number of ketones is 1. The van der Waals surface area contributed by atoms with Gasteiger partial charge in [0.25, 0.3) is 11.7 Å². The fourth-order valence-electron chi connectivity index (χ4n) is 4.89. The van der Waals surface area contributed by atoms with Crippen LogP contribution in [-0.2, 0) is 9.59 Å². The average Bonchev–Trinajstić information content (AvgIpc) is 3.21. The highest BCUT2D eigenvalue weighted by molar-refractivity contribution is 6.46. The van der Waals surface area contributed by atoms with Crippen molar-refractivity contribution >= 4 is 17.4 Å². The van der Waals surface area contributed by atoms with E-state index < -0.39 is 17.7 Å². The van der Waals surface area contributed by atoms with E-state index in [0.29, 0.717) is 73.6 Å². The lowest BCUT2D eigenvalue weighted by Gasteiger charge is -2.28. The summed E-state index contributed by atoms with van der Waals surface area (Å²) in [6.07, 6.45) is 0.842. The van der Waals surface area contributed by atoms with Crippen LogP contribution in [0.25, 0.3) is 5.76 Å². The summed E-state index contributed by atoms with van der Waals surface area (Å²) >= 11 is 0. The van der Waals surface area contributed by atoms with Crippen LogP contribution in [0.3, 0.4) is 0 Å². The van der Waals surface area contributed by atoms with Gasteiger partial charge in [-0.2, -0.15) is 0 Å². The Morgan fingerprint density at radius 2 is 1.72 bits per heavy atom. The first kappa shape index (κ1) is 28.3. The first-order valence-electron chi connectivity index (χ1n) is 13.7. The number of aliphatic hydroxyl groups excluding tert-OH is 1. The molecule has 0 aromatic heterocycles. The number of rotatable bonds is 12. The summed E-state index contributed by atoms with van der Waals surface area (Å²) in [5.74, 6) is 0.537. The van der Waals surface area contributed by atoms with E-state index in [2.05, 4.69) is 18.7 Å². The smallest absolute Gasteiger partial charge is 0.295 e. The number of aliphatic hydroxyl groups is 1. The number of nitrogens with zero attached hydrogens (tertiary/aromatic N) is 2. The lowest BCUT2D eigenvalue weighted by molar-refractivity contribution is -0.140. The van der Waals surface area contributed by atoms with Crippen LogP contribution in [-0.4, -0.2) is 79.2 Å². The van der Waals surface area contributed by atoms with Gasteiger partial charge in [-0.05, 0) is 62.3 Å². The topological polar surface area (TPSA) is 97.8 Å². The van der Waals surface area contributed by atoms with Gasteiger partial charge in [-0.1, -0.05) is 26.8 Å². The molecule has 1 saturated heterocycles. The number of carbonyl (C=O) groups excluding carboxylic acids is 2. The standard InChI is InChI=1S/C30H38N2O7/c1-5-15-37-22-11-9-20(18-24(22)36-8-4)27-26(29(34)30(35)32(27)14-13-31(6-2)7-3)28(33)21-10-12-23-25(19-21)39-17-16-38-23/h9-12,18-19,27,33H,5-8,13-17H2,1-4H3/b28-26+. The Bertz CT molecular complexity index is 1220. The molecule has 9 heteroatoms. The molecule has 0 spiro atoms. The van der Waals surface area contributed by atoms with Gasteiger partial charge in [-0.15, -0.1) is 0 Å². The minimum Gasteiger partial charge on any atom is -0.507 e. The van der Waals surface area contributed by atoms with Crippen LogP contribution in [0.1, 0.15) is 51.3 Å². The number of fused-ring (bicyclic) bond motifs is 1. The molecule has 4 rings (SSSR count). The fraction of sp³-hybridized carbons (Fsp3) is 0.467. The van der Waals surface area contributed by atoms with Crippen LogP contribution in [0.4, 0.5) is 0 Å². The molecule has 2 heterocycles. The van der Waals surface area contributed by atoms with Crippen LogP contribution < -0.4 is 18.9 Å². The van der Waals surface area contributed by atoms with E-state index in [4.69, 9.17) is 18.9 Å². The first-order valence-corrected chi connectivity index (χ1v) is 13.7. The number of Topliss-reactive ketones (excluding diaryl/α,β-unsaturated/α-hetero) is 1. The SMILES string of the molecule is CCCOc1ccc(C2/C(=C(\O)c3ccc4c(c3)OCCO4)C(=O)C(=O)N2CCN(CC)CC)cc1OCC. The van der Waals surface area contributed by atoms with Gasteiger partial charge in [-0.25, -0.2) is 0 Å². The quantitative estimate of drug-likeness (QED) is 0.241. The third-order valence-corrected chi connectivity index (χ3v) is 6.95.